The van der Waals surface area contributed by atoms with Gasteiger partial charge in [0.15, 0.2) is 17.2 Å². The summed E-state index contributed by atoms with van der Waals surface area (Å²) in [6.07, 6.45) is 1.76. The van der Waals surface area contributed by atoms with E-state index in [4.69, 9.17) is 21.1 Å². The minimum atomic E-state index is -0.314. The van der Waals surface area contributed by atoms with E-state index in [0.717, 1.165) is 17.1 Å². The number of fused-ring (bicyclic) bond motifs is 1. The summed E-state index contributed by atoms with van der Waals surface area (Å²) < 4.78 is 12.3. The van der Waals surface area contributed by atoms with Crippen LogP contribution in [0.15, 0.2) is 48.7 Å². The third-order valence-corrected chi connectivity index (χ3v) is 4.28. The van der Waals surface area contributed by atoms with E-state index < -0.39 is 0 Å². The van der Waals surface area contributed by atoms with Gasteiger partial charge in [0.1, 0.15) is 0 Å². The van der Waals surface area contributed by atoms with Crippen LogP contribution in [0, 0.1) is 0 Å². The molecule has 1 aliphatic heterocycles. The minimum Gasteiger partial charge on any atom is -0.454 e. The number of ether oxygens (including phenoxy) is 2. The molecule has 1 aliphatic rings. The van der Waals surface area contributed by atoms with Crippen LogP contribution >= 0.6 is 11.6 Å². The summed E-state index contributed by atoms with van der Waals surface area (Å²) in [5, 5.41) is 10.9. The normalized spacial score (nSPS) is 12.1. The summed E-state index contributed by atoms with van der Waals surface area (Å²) in [6, 6.07) is 12.7. The summed E-state index contributed by atoms with van der Waals surface area (Å²) in [5.41, 5.74) is 2.55. The molecule has 0 saturated carbocycles. The number of nitrogens with zero attached hydrogens (tertiary/aromatic N) is 2. The predicted octanol–water partition coefficient (Wildman–Crippen LogP) is 3.67. The number of carbonyl (C=O) groups is 1. The number of benzene rings is 2. The Morgan fingerprint density at radius 1 is 1.22 bits per heavy atom. The van der Waals surface area contributed by atoms with Gasteiger partial charge in [-0.1, -0.05) is 23.7 Å². The lowest BCUT2D eigenvalue weighted by molar-refractivity contribution is 0.102. The molecule has 8 heteroatoms. The largest absolute Gasteiger partial charge is 0.454 e. The highest BCUT2D eigenvalue weighted by Crippen LogP contribution is 2.32. The Balaban J connectivity index is 1.48. The molecule has 0 fully saturated rings. The predicted molar refractivity (Wildman–Crippen MR) is 103 cm³/mol. The van der Waals surface area contributed by atoms with Crippen LogP contribution < -0.4 is 20.1 Å². The molecule has 0 aliphatic carbocycles. The van der Waals surface area contributed by atoms with Crippen molar-refractivity contribution in [1.29, 1.82) is 0 Å². The average molecular weight is 385 g/mol. The fourth-order valence-corrected chi connectivity index (χ4v) is 2.98. The number of hydrogen-bond acceptors (Lipinski definition) is 5. The van der Waals surface area contributed by atoms with Gasteiger partial charge in [-0.25, -0.2) is 0 Å². The smallest absolute Gasteiger partial charge is 0.278 e. The van der Waals surface area contributed by atoms with Crippen LogP contribution in [0.5, 0.6) is 11.5 Å². The molecule has 2 heterocycles. The topological polar surface area (TPSA) is 77.4 Å². The van der Waals surface area contributed by atoms with Crippen LogP contribution in [0.1, 0.15) is 16.1 Å². The van der Waals surface area contributed by atoms with Crippen molar-refractivity contribution in [2.75, 3.05) is 17.4 Å². The number of aromatic nitrogens is 2. The maximum atomic E-state index is 12.6. The highest BCUT2D eigenvalue weighted by Gasteiger charge is 2.17. The first-order valence-corrected chi connectivity index (χ1v) is 8.69. The zero-order valence-corrected chi connectivity index (χ0v) is 15.3. The Morgan fingerprint density at radius 2 is 2.07 bits per heavy atom. The monoisotopic (exact) mass is 384 g/mol. The van der Waals surface area contributed by atoms with Crippen molar-refractivity contribution < 1.29 is 14.3 Å². The van der Waals surface area contributed by atoms with E-state index in [0.29, 0.717) is 28.6 Å². The molecule has 0 saturated heterocycles. The molecule has 1 amide bonds. The van der Waals surface area contributed by atoms with Gasteiger partial charge in [-0.05, 0) is 35.9 Å². The molecular formula is C19H17ClN4O3. The Bertz CT molecular complexity index is 1000. The molecule has 138 valence electrons. The number of carbonyl (C=O) groups excluding carboxylic acids is 1. The minimum absolute atomic E-state index is 0.239. The van der Waals surface area contributed by atoms with Crippen molar-refractivity contribution >= 4 is 28.9 Å². The first-order valence-electron chi connectivity index (χ1n) is 8.31. The van der Waals surface area contributed by atoms with Crippen molar-refractivity contribution in [3.05, 3.63) is 64.9 Å². The van der Waals surface area contributed by atoms with Gasteiger partial charge >= 0.3 is 0 Å². The van der Waals surface area contributed by atoms with Crippen molar-refractivity contribution in [3.63, 3.8) is 0 Å². The maximum Gasteiger partial charge on any atom is 0.278 e. The Morgan fingerprint density at radius 3 is 2.93 bits per heavy atom. The highest BCUT2D eigenvalue weighted by molar-refractivity contribution is 6.31. The Kier molecular flexibility index (Phi) is 4.60. The summed E-state index contributed by atoms with van der Waals surface area (Å²) in [6.45, 7) is 0.752. The first-order chi connectivity index (χ1) is 13.1. The van der Waals surface area contributed by atoms with Crippen LogP contribution in [0.25, 0.3) is 0 Å². The Hall–Kier alpha value is -3.19. The lowest BCUT2D eigenvalue weighted by atomic mass is 10.2. The van der Waals surface area contributed by atoms with Crippen molar-refractivity contribution in [2.24, 2.45) is 7.05 Å². The fraction of sp³-hybridized carbons (Fsp3) is 0.158. The van der Waals surface area contributed by atoms with Crippen LogP contribution in [0.3, 0.4) is 0 Å². The number of hydrogen-bond donors (Lipinski definition) is 2. The molecule has 0 spiro atoms. The molecule has 0 bridgehead atoms. The average Bonchev–Trinajstić information content (AvgIpc) is 3.25. The van der Waals surface area contributed by atoms with Gasteiger partial charge in [0.05, 0.1) is 5.69 Å². The standard InChI is InChI=1S/C19H17ClN4O3/c1-24-10-15(21-9-12-5-6-16-17(7-12)27-11-26-16)18(23-24)19(25)22-14-4-2-3-13(20)8-14/h2-8,10,21H,9,11H2,1H3,(H,22,25). The van der Waals surface area contributed by atoms with Crippen LogP contribution in [-0.2, 0) is 13.6 Å². The number of halogens is 1. The summed E-state index contributed by atoms with van der Waals surface area (Å²) in [4.78, 5) is 12.6. The number of nitrogens with one attached hydrogen (secondary N) is 2. The summed E-state index contributed by atoms with van der Waals surface area (Å²) in [5.74, 6) is 1.15. The summed E-state index contributed by atoms with van der Waals surface area (Å²) in [7, 11) is 1.77. The highest BCUT2D eigenvalue weighted by atomic mass is 35.5. The number of anilines is 2. The molecule has 4 rings (SSSR count). The van der Waals surface area contributed by atoms with E-state index in [1.807, 2.05) is 18.2 Å². The number of amides is 1. The lowest BCUT2D eigenvalue weighted by Gasteiger charge is -2.08. The van der Waals surface area contributed by atoms with E-state index in [-0.39, 0.29) is 12.7 Å². The zero-order chi connectivity index (χ0) is 18.8. The molecule has 27 heavy (non-hydrogen) atoms. The van der Waals surface area contributed by atoms with Crippen molar-refractivity contribution in [1.82, 2.24) is 9.78 Å². The fourth-order valence-electron chi connectivity index (χ4n) is 2.79. The molecule has 0 unspecified atom stereocenters. The van der Waals surface area contributed by atoms with Gasteiger partial charge in [-0.3, -0.25) is 9.48 Å². The van der Waals surface area contributed by atoms with E-state index in [2.05, 4.69) is 15.7 Å². The first kappa shape index (κ1) is 17.2. The molecule has 7 nitrogen and oxygen atoms in total. The third kappa shape index (κ3) is 3.83. The van der Waals surface area contributed by atoms with Crippen LogP contribution in [0.2, 0.25) is 5.02 Å². The van der Waals surface area contributed by atoms with Crippen LogP contribution in [0.4, 0.5) is 11.4 Å². The third-order valence-electron chi connectivity index (χ3n) is 4.05. The van der Waals surface area contributed by atoms with Gasteiger partial charge in [-0.2, -0.15) is 5.10 Å². The quantitative estimate of drug-likeness (QED) is 0.701. The number of rotatable bonds is 5. The van der Waals surface area contributed by atoms with E-state index in [1.54, 1.807) is 42.2 Å². The SMILES string of the molecule is Cn1cc(NCc2ccc3c(c2)OCO3)c(C(=O)Nc2cccc(Cl)c2)n1. The lowest BCUT2D eigenvalue weighted by Crippen LogP contribution is -2.15. The zero-order valence-electron chi connectivity index (χ0n) is 14.5. The molecule has 0 atom stereocenters. The van der Waals surface area contributed by atoms with Gasteiger partial charge < -0.3 is 20.1 Å². The second-order valence-electron chi connectivity index (χ2n) is 6.07. The van der Waals surface area contributed by atoms with Crippen molar-refractivity contribution in [3.8, 4) is 11.5 Å². The van der Waals surface area contributed by atoms with E-state index in [1.165, 1.54) is 0 Å². The Labute approximate surface area is 160 Å². The van der Waals surface area contributed by atoms with Gasteiger partial charge in [0.2, 0.25) is 6.79 Å². The molecule has 2 aromatic carbocycles. The van der Waals surface area contributed by atoms with E-state index >= 15 is 0 Å². The molecule has 3 aromatic rings. The maximum absolute atomic E-state index is 12.6. The summed E-state index contributed by atoms with van der Waals surface area (Å²) >= 11 is 5.96. The second kappa shape index (κ2) is 7.20. The molecular weight excluding hydrogens is 368 g/mol. The van der Waals surface area contributed by atoms with Gasteiger partial charge in [-0.15, -0.1) is 0 Å². The number of aryl methyl sites for hydroxylation is 1. The van der Waals surface area contributed by atoms with Gasteiger partial charge in [0.25, 0.3) is 5.91 Å². The van der Waals surface area contributed by atoms with Crippen LogP contribution in [-0.4, -0.2) is 22.5 Å². The van der Waals surface area contributed by atoms with Gasteiger partial charge in [0, 0.05) is 30.5 Å². The second-order valence-corrected chi connectivity index (χ2v) is 6.51. The van der Waals surface area contributed by atoms with E-state index in [9.17, 15) is 4.79 Å². The molecule has 1 aromatic heterocycles. The molecule has 0 radical (unpaired) electrons. The molecule has 2 N–H and O–H groups in total. The van der Waals surface area contributed by atoms with Crippen molar-refractivity contribution in [2.45, 2.75) is 6.54 Å².